The van der Waals surface area contributed by atoms with Crippen molar-refractivity contribution >= 4 is 56.6 Å². The van der Waals surface area contributed by atoms with Gasteiger partial charge in [-0.3, -0.25) is 4.79 Å². The van der Waals surface area contributed by atoms with E-state index >= 15 is 0 Å². The van der Waals surface area contributed by atoms with Gasteiger partial charge >= 0.3 is 0 Å². The van der Waals surface area contributed by atoms with Crippen LogP contribution in [-0.2, 0) is 4.79 Å². The number of amides is 1. The molecule has 2 aromatic rings. The van der Waals surface area contributed by atoms with E-state index in [1.165, 1.54) is 23.9 Å². The lowest BCUT2D eigenvalue weighted by atomic mass is 10.3. The van der Waals surface area contributed by atoms with E-state index in [0.717, 1.165) is 15.4 Å². The summed E-state index contributed by atoms with van der Waals surface area (Å²) in [5.74, 6) is -0.466. The van der Waals surface area contributed by atoms with Gasteiger partial charge in [0.25, 0.3) is 0 Å². The zero-order chi connectivity index (χ0) is 15.4. The van der Waals surface area contributed by atoms with Crippen LogP contribution < -0.4 is 11.1 Å². The van der Waals surface area contributed by atoms with Gasteiger partial charge in [0.05, 0.1) is 16.5 Å². The lowest BCUT2D eigenvalue weighted by molar-refractivity contribution is -0.113. The first-order valence-electron chi connectivity index (χ1n) is 5.88. The van der Waals surface area contributed by atoms with Crippen molar-refractivity contribution in [2.75, 3.05) is 16.8 Å². The molecule has 0 aromatic heterocycles. The van der Waals surface area contributed by atoms with Crippen molar-refractivity contribution in [2.24, 2.45) is 0 Å². The molecule has 0 saturated carbocycles. The summed E-state index contributed by atoms with van der Waals surface area (Å²) in [6, 6.07) is 9.20. The molecule has 0 atom stereocenters. The number of rotatable bonds is 4. The van der Waals surface area contributed by atoms with E-state index in [9.17, 15) is 9.18 Å². The van der Waals surface area contributed by atoms with Gasteiger partial charge in [-0.1, -0.05) is 11.6 Å². The highest BCUT2D eigenvalue weighted by molar-refractivity contribution is 9.10. The Morgan fingerprint density at radius 2 is 2.10 bits per heavy atom. The number of benzene rings is 2. The van der Waals surface area contributed by atoms with Crippen molar-refractivity contribution in [3.05, 3.63) is 51.7 Å². The number of nitrogen functional groups attached to an aromatic ring is 1. The molecule has 0 aliphatic heterocycles. The highest BCUT2D eigenvalue weighted by Crippen LogP contribution is 2.29. The molecule has 0 spiro atoms. The number of halogens is 3. The van der Waals surface area contributed by atoms with Crippen LogP contribution in [0.4, 0.5) is 15.8 Å². The maximum absolute atomic E-state index is 12.9. The first kappa shape index (κ1) is 16.1. The molecule has 3 nitrogen and oxygen atoms in total. The van der Waals surface area contributed by atoms with Gasteiger partial charge in [0, 0.05) is 15.1 Å². The molecule has 0 fully saturated rings. The Balaban J connectivity index is 1.96. The van der Waals surface area contributed by atoms with Crippen molar-refractivity contribution < 1.29 is 9.18 Å². The molecule has 2 rings (SSSR count). The Labute approximate surface area is 139 Å². The van der Waals surface area contributed by atoms with E-state index in [2.05, 4.69) is 21.2 Å². The Kier molecular flexibility index (Phi) is 5.50. The number of hydrogen-bond acceptors (Lipinski definition) is 3. The highest BCUT2D eigenvalue weighted by atomic mass is 79.9. The molecule has 0 radical (unpaired) electrons. The quantitative estimate of drug-likeness (QED) is 0.595. The van der Waals surface area contributed by atoms with Gasteiger partial charge in [0.15, 0.2) is 0 Å². The fourth-order valence-electron chi connectivity index (χ4n) is 1.55. The van der Waals surface area contributed by atoms with Crippen LogP contribution in [0.3, 0.4) is 0 Å². The number of anilines is 2. The van der Waals surface area contributed by atoms with Crippen LogP contribution >= 0.6 is 39.3 Å². The average Bonchev–Trinajstić information content (AvgIpc) is 2.41. The molecule has 2 aromatic carbocycles. The molecular formula is C14H11BrClFN2OS. The molecule has 0 aliphatic rings. The van der Waals surface area contributed by atoms with Gasteiger partial charge < -0.3 is 11.1 Å². The molecule has 110 valence electrons. The Hall–Kier alpha value is -1.24. The zero-order valence-electron chi connectivity index (χ0n) is 10.7. The predicted octanol–water partition coefficient (Wildman–Crippen LogP) is 4.55. The van der Waals surface area contributed by atoms with Gasteiger partial charge in [-0.25, -0.2) is 4.39 Å². The molecule has 0 heterocycles. The second kappa shape index (κ2) is 7.15. The molecule has 21 heavy (non-hydrogen) atoms. The van der Waals surface area contributed by atoms with Crippen LogP contribution in [0, 0.1) is 5.82 Å². The monoisotopic (exact) mass is 388 g/mol. The van der Waals surface area contributed by atoms with E-state index in [1.807, 2.05) is 6.07 Å². The third-order valence-electron chi connectivity index (χ3n) is 2.52. The molecule has 0 unspecified atom stereocenters. The van der Waals surface area contributed by atoms with Crippen LogP contribution in [0.15, 0.2) is 45.8 Å². The van der Waals surface area contributed by atoms with Gasteiger partial charge in [-0.05, 0) is 52.3 Å². The molecule has 3 N–H and O–H groups in total. The van der Waals surface area contributed by atoms with E-state index in [0.29, 0.717) is 11.4 Å². The number of nitrogens with two attached hydrogens (primary N) is 1. The first-order valence-corrected chi connectivity index (χ1v) is 8.04. The smallest absolute Gasteiger partial charge is 0.234 e. The van der Waals surface area contributed by atoms with Crippen molar-refractivity contribution in [3.63, 3.8) is 0 Å². The minimum Gasteiger partial charge on any atom is -0.399 e. The van der Waals surface area contributed by atoms with Gasteiger partial charge in [-0.2, -0.15) is 0 Å². The molecular weight excluding hydrogens is 379 g/mol. The summed E-state index contributed by atoms with van der Waals surface area (Å²) in [5, 5.41) is 2.81. The SMILES string of the molecule is Nc1ccc(SCC(=O)Nc2ccc(F)cc2Cl)c(Br)c1. The Morgan fingerprint density at radius 1 is 1.33 bits per heavy atom. The number of thioether (sulfide) groups is 1. The summed E-state index contributed by atoms with van der Waals surface area (Å²) >= 11 is 10.6. The van der Waals surface area contributed by atoms with Crippen LogP contribution in [0.5, 0.6) is 0 Å². The summed E-state index contributed by atoms with van der Waals surface area (Å²) in [6.45, 7) is 0. The lowest BCUT2D eigenvalue weighted by Crippen LogP contribution is -2.14. The lowest BCUT2D eigenvalue weighted by Gasteiger charge is -2.08. The summed E-state index contributed by atoms with van der Waals surface area (Å²) < 4.78 is 13.7. The minimum absolute atomic E-state index is 0.169. The van der Waals surface area contributed by atoms with Crippen molar-refractivity contribution in [1.82, 2.24) is 0 Å². The fourth-order valence-corrected chi connectivity index (χ4v) is 3.23. The fraction of sp³-hybridized carbons (Fsp3) is 0.0714. The summed E-state index contributed by atoms with van der Waals surface area (Å²) in [5.41, 5.74) is 6.69. The minimum atomic E-state index is -0.446. The molecule has 0 saturated heterocycles. The van der Waals surface area contributed by atoms with E-state index in [4.69, 9.17) is 17.3 Å². The number of nitrogens with one attached hydrogen (secondary N) is 1. The van der Waals surface area contributed by atoms with Crippen LogP contribution in [0.25, 0.3) is 0 Å². The average molecular weight is 390 g/mol. The van der Waals surface area contributed by atoms with Crippen molar-refractivity contribution in [1.29, 1.82) is 0 Å². The third kappa shape index (κ3) is 4.62. The van der Waals surface area contributed by atoms with Crippen LogP contribution in [0.1, 0.15) is 0 Å². The van der Waals surface area contributed by atoms with Gasteiger partial charge in [-0.15, -0.1) is 11.8 Å². The Morgan fingerprint density at radius 3 is 2.76 bits per heavy atom. The normalized spacial score (nSPS) is 10.4. The first-order chi connectivity index (χ1) is 9.95. The van der Waals surface area contributed by atoms with Crippen molar-refractivity contribution in [2.45, 2.75) is 4.90 Å². The maximum atomic E-state index is 12.9. The van der Waals surface area contributed by atoms with E-state index in [-0.39, 0.29) is 16.7 Å². The summed E-state index contributed by atoms with van der Waals surface area (Å²) in [4.78, 5) is 12.8. The largest absolute Gasteiger partial charge is 0.399 e. The van der Waals surface area contributed by atoms with Gasteiger partial charge in [0.2, 0.25) is 5.91 Å². The zero-order valence-corrected chi connectivity index (χ0v) is 13.9. The highest BCUT2D eigenvalue weighted by Gasteiger charge is 2.09. The molecule has 0 aliphatic carbocycles. The van der Waals surface area contributed by atoms with E-state index < -0.39 is 5.82 Å². The third-order valence-corrected chi connectivity index (χ3v) is 4.82. The molecule has 1 amide bonds. The molecule has 0 bridgehead atoms. The predicted molar refractivity (Wildman–Crippen MR) is 89.3 cm³/mol. The number of hydrogen-bond donors (Lipinski definition) is 2. The molecule has 7 heteroatoms. The summed E-state index contributed by atoms with van der Waals surface area (Å²) in [6.07, 6.45) is 0. The van der Waals surface area contributed by atoms with E-state index in [1.54, 1.807) is 12.1 Å². The van der Waals surface area contributed by atoms with Gasteiger partial charge in [0.1, 0.15) is 5.82 Å². The van der Waals surface area contributed by atoms with Crippen LogP contribution in [0.2, 0.25) is 5.02 Å². The number of carbonyl (C=O) groups excluding carboxylic acids is 1. The maximum Gasteiger partial charge on any atom is 0.234 e. The Bertz CT molecular complexity index is 684. The second-order valence-corrected chi connectivity index (χ2v) is 6.43. The standard InChI is InChI=1S/C14H11BrClFN2OS/c15-10-6-9(18)2-4-13(10)21-7-14(20)19-12-3-1-8(17)5-11(12)16/h1-6H,7,18H2,(H,19,20). The van der Waals surface area contributed by atoms with Crippen molar-refractivity contribution in [3.8, 4) is 0 Å². The number of carbonyl (C=O) groups is 1. The second-order valence-electron chi connectivity index (χ2n) is 4.15. The van der Waals surface area contributed by atoms with Crippen LogP contribution in [-0.4, -0.2) is 11.7 Å². The summed E-state index contributed by atoms with van der Waals surface area (Å²) in [7, 11) is 0. The topological polar surface area (TPSA) is 55.1 Å².